The van der Waals surface area contributed by atoms with Crippen molar-refractivity contribution in [2.24, 2.45) is 0 Å². The van der Waals surface area contributed by atoms with Gasteiger partial charge in [-0.3, -0.25) is 19.5 Å². The van der Waals surface area contributed by atoms with Crippen molar-refractivity contribution in [3.8, 4) is 0 Å². The first kappa shape index (κ1) is 28.8. The second-order valence-corrected chi connectivity index (χ2v) is 11.3. The molecule has 2 aliphatic heterocycles. The fourth-order valence-corrected chi connectivity index (χ4v) is 5.57. The molecule has 0 bridgehead atoms. The van der Waals surface area contributed by atoms with Gasteiger partial charge in [-0.05, 0) is 81.9 Å². The first-order chi connectivity index (χ1) is 19.8. The van der Waals surface area contributed by atoms with E-state index >= 15 is 0 Å². The van der Waals surface area contributed by atoms with Crippen LogP contribution < -0.4 is 21.3 Å². The molecule has 41 heavy (non-hydrogen) atoms. The molecule has 2 aromatic rings. The molecule has 2 amide bonds. The number of nitrogens with one attached hydrogen (secondary N) is 3. The second-order valence-electron chi connectivity index (χ2n) is 11.3. The van der Waals surface area contributed by atoms with Crippen LogP contribution in [0.5, 0.6) is 0 Å². The van der Waals surface area contributed by atoms with Gasteiger partial charge < -0.3 is 20.5 Å². The van der Waals surface area contributed by atoms with Crippen molar-refractivity contribution in [2.45, 2.75) is 43.3 Å². The quantitative estimate of drug-likeness (QED) is 0.325. The van der Waals surface area contributed by atoms with Gasteiger partial charge in [-0.15, -0.1) is 12.1 Å². The topological polar surface area (TPSA) is 83.2 Å². The fraction of sp³-hybridized carbons (Fsp3) is 0.419. The van der Waals surface area contributed by atoms with Gasteiger partial charge in [-0.1, -0.05) is 18.2 Å². The summed E-state index contributed by atoms with van der Waals surface area (Å²) < 4.78 is 13.4. The van der Waals surface area contributed by atoms with Crippen molar-refractivity contribution < 1.29 is 14.0 Å². The molecular formula is C31H40FN7O2. The highest BCUT2D eigenvalue weighted by Gasteiger charge is 2.42. The Kier molecular flexibility index (Phi) is 9.02. The van der Waals surface area contributed by atoms with Crippen molar-refractivity contribution in [1.82, 2.24) is 31.0 Å². The maximum atomic E-state index is 13.5. The van der Waals surface area contributed by atoms with Crippen molar-refractivity contribution >= 4 is 17.5 Å². The predicted octanol–water partition coefficient (Wildman–Crippen LogP) is 2.82. The van der Waals surface area contributed by atoms with Gasteiger partial charge in [-0.2, -0.15) is 0 Å². The molecule has 3 aliphatic rings. The van der Waals surface area contributed by atoms with E-state index in [4.69, 9.17) is 0 Å². The molecule has 0 aromatic heterocycles. The van der Waals surface area contributed by atoms with Gasteiger partial charge >= 0.3 is 0 Å². The standard InChI is InChI=1S/C31H40FN7O2/c1-4-16-37(29-19-27(29)22-7-11-24(32)12-8-22)17-5-6-28(31(41)38-20-26(21-38)36(2)3)34-30(40)23-9-13-25(14-10-23)39-18-15-33-35-39/h4,7-15,18,26-29,33,35H,1,5-6,16-17,19-21H2,2-3H3,(H,34,40)/t27-,28-,29+/m0/s1. The number of hydrazine groups is 2. The van der Waals surface area contributed by atoms with Crippen molar-refractivity contribution in [1.29, 1.82) is 0 Å². The van der Waals surface area contributed by atoms with Gasteiger partial charge in [0.1, 0.15) is 11.9 Å². The molecule has 1 saturated heterocycles. The number of likely N-dealkylation sites (tertiary alicyclic amines) is 1. The van der Waals surface area contributed by atoms with E-state index in [-0.39, 0.29) is 17.6 Å². The minimum absolute atomic E-state index is 0.0311. The van der Waals surface area contributed by atoms with Crippen LogP contribution in [0, 0.1) is 5.82 Å². The highest BCUT2D eigenvalue weighted by Crippen LogP contribution is 2.44. The van der Waals surface area contributed by atoms with Crippen LogP contribution in [0.2, 0.25) is 0 Å². The molecule has 3 N–H and O–H groups in total. The molecule has 3 atom stereocenters. The van der Waals surface area contributed by atoms with Gasteiger partial charge in [0.15, 0.2) is 0 Å². The lowest BCUT2D eigenvalue weighted by Crippen LogP contribution is -2.63. The Balaban J connectivity index is 1.20. The summed E-state index contributed by atoms with van der Waals surface area (Å²) in [5.41, 5.74) is 8.39. The van der Waals surface area contributed by atoms with E-state index in [1.165, 1.54) is 12.1 Å². The molecule has 10 heteroatoms. The number of carbonyl (C=O) groups excluding carboxylic acids is 2. The van der Waals surface area contributed by atoms with Crippen LogP contribution in [0.1, 0.15) is 41.1 Å². The third-order valence-electron chi connectivity index (χ3n) is 8.23. The van der Waals surface area contributed by atoms with E-state index in [1.807, 2.05) is 55.5 Å². The van der Waals surface area contributed by atoms with E-state index in [9.17, 15) is 14.0 Å². The van der Waals surface area contributed by atoms with E-state index in [1.54, 1.807) is 23.3 Å². The molecule has 0 radical (unpaired) electrons. The molecule has 2 aromatic carbocycles. The lowest BCUT2D eigenvalue weighted by atomic mass is 10.0. The van der Waals surface area contributed by atoms with E-state index in [2.05, 4.69) is 32.7 Å². The van der Waals surface area contributed by atoms with Crippen LogP contribution in [0.25, 0.3) is 0 Å². The zero-order valence-corrected chi connectivity index (χ0v) is 23.8. The number of nitrogens with zero attached hydrogens (tertiary/aromatic N) is 4. The summed E-state index contributed by atoms with van der Waals surface area (Å²) >= 11 is 0. The summed E-state index contributed by atoms with van der Waals surface area (Å²) in [5, 5.41) is 4.83. The summed E-state index contributed by atoms with van der Waals surface area (Å²) in [4.78, 5) is 33.1. The Morgan fingerprint density at radius 2 is 1.88 bits per heavy atom. The molecular weight excluding hydrogens is 521 g/mol. The SMILES string of the molecule is C=CCN(CCC[C@H](NC(=O)c1ccc(N2C=CNN2)cc1)C(=O)N1CC(N(C)C)C1)[C@@H]1C[C@H]1c1ccc(F)cc1. The molecule has 2 fully saturated rings. The average molecular weight is 562 g/mol. The number of amides is 2. The maximum absolute atomic E-state index is 13.5. The van der Waals surface area contributed by atoms with E-state index < -0.39 is 6.04 Å². The molecule has 1 saturated carbocycles. The highest BCUT2D eigenvalue weighted by atomic mass is 19.1. The number of hydrogen-bond donors (Lipinski definition) is 3. The Bertz CT molecular complexity index is 1240. The normalized spacial score (nSPS) is 20.6. The molecule has 9 nitrogen and oxygen atoms in total. The first-order valence-corrected chi connectivity index (χ1v) is 14.3. The highest BCUT2D eigenvalue weighted by molar-refractivity contribution is 5.98. The number of rotatable bonds is 13. The lowest BCUT2D eigenvalue weighted by Gasteiger charge is -2.44. The second kappa shape index (κ2) is 12.8. The van der Waals surface area contributed by atoms with Crippen molar-refractivity contribution in [2.75, 3.05) is 45.3 Å². The molecule has 2 heterocycles. The third kappa shape index (κ3) is 6.95. The maximum Gasteiger partial charge on any atom is 0.251 e. The summed E-state index contributed by atoms with van der Waals surface area (Å²) in [6, 6.07) is 14.1. The van der Waals surface area contributed by atoms with Crippen LogP contribution in [0.4, 0.5) is 10.1 Å². The first-order valence-electron chi connectivity index (χ1n) is 14.3. The Hall–Kier alpha value is -3.73. The minimum atomic E-state index is -0.602. The van der Waals surface area contributed by atoms with Crippen molar-refractivity contribution in [3.63, 3.8) is 0 Å². The predicted molar refractivity (Wildman–Crippen MR) is 158 cm³/mol. The Morgan fingerprint density at radius 3 is 2.51 bits per heavy atom. The van der Waals surface area contributed by atoms with Crippen LogP contribution in [0.15, 0.2) is 73.6 Å². The average Bonchev–Trinajstić information content (AvgIpc) is 3.53. The summed E-state index contributed by atoms with van der Waals surface area (Å²) in [7, 11) is 4.04. The van der Waals surface area contributed by atoms with Gasteiger partial charge in [0.05, 0.1) is 5.69 Å². The smallest absolute Gasteiger partial charge is 0.251 e. The molecule has 218 valence electrons. The number of hydrogen-bond acceptors (Lipinski definition) is 7. The molecule has 5 rings (SSSR count). The van der Waals surface area contributed by atoms with Crippen LogP contribution in [-0.4, -0.2) is 84.9 Å². The monoisotopic (exact) mass is 561 g/mol. The van der Waals surface area contributed by atoms with Gasteiger partial charge in [0, 0.05) is 55.6 Å². The van der Waals surface area contributed by atoms with Gasteiger partial charge in [0.2, 0.25) is 5.91 Å². The number of likely N-dealkylation sites (N-methyl/N-ethyl adjacent to an activating group) is 1. The summed E-state index contributed by atoms with van der Waals surface area (Å²) in [6.45, 7) is 6.80. The van der Waals surface area contributed by atoms with E-state index in [0.29, 0.717) is 43.1 Å². The van der Waals surface area contributed by atoms with Crippen LogP contribution in [0.3, 0.4) is 0 Å². The number of halogens is 1. The summed E-state index contributed by atoms with van der Waals surface area (Å²) in [6.07, 6.45) is 7.83. The lowest BCUT2D eigenvalue weighted by molar-refractivity contribution is -0.140. The number of carbonyl (C=O) groups is 2. The minimum Gasteiger partial charge on any atom is -0.340 e. The summed E-state index contributed by atoms with van der Waals surface area (Å²) in [5.74, 6) is -0.137. The Morgan fingerprint density at radius 1 is 1.15 bits per heavy atom. The molecule has 0 unspecified atom stereocenters. The number of anilines is 1. The zero-order chi connectivity index (χ0) is 28.9. The van der Waals surface area contributed by atoms with Crippen LogP contribution >= 0.6 is 0 Å². The van der Waals surface area contributed by atoms with Gasteiger partial charge in [-0.25, -0.2) is 4.39 Å². The Labute approximate surface area is 241 Å². The largest absolute Gasteiger partial charge is 0.340 e. The number of benzene rings is 2. The third-order valence-corrected chi connectivity index (χ3v) is 8.23. The van der Waals surface area contributed by atoms with Crippen LogP contribution in [-0.2, 0) is 4.79 Å². The molecule has 0 spiro atoms. The zero-order valence-electron chi connectivity index (χ0n) is 23.8. The fourth-order valence-electron chi connectivity index (χ4n) is 5.57. The van der Waals surface area contributed by atoms with Gasteiger partial charge in [0.25, 0.3) is 5.91 Å². The molecule has 1 aliphatic carbocycles. The van der Waals surface area contributed by atoms with Crippen molar-refractivity contribution in [3.05, 3.63) is 90.5 Å². The van der Waals surface area contributed by atoms with E-state index in [0.717, 1.165) is 37.2 Å².